The highest BCUT2D eigenvalue weighted by Gasteiger charge is 2.28. The van der Waals surface area contributed by atoms with Crippen LogP contribution in [0.5, 0.6) is 0 Å². The lowest BCUT2D eigenvalue weighted by Gasteiger charge is -2.36. The number of amides is 1. The summed E-state index contributed by atoms with van der Waals surface area (Å²) >= 11 is 0. The van der Waals surface area contributed by atoms with E-state index in [4.69, 9.17) is 0 Å². The summed E-state index contributed by atoms with van der Waals surface area (Å²) in [5.41, 5.74) is 0.444. The molecule has 1 aromatic rings. The Morgan fingerprint density at radius 1 is 1.32 bits per heavy atom. The molecule has 0 unspecified atom stereocenters. The van der Waals surface area contributed by atoms with Gasteiger partial charge in [-0.05, 0) is 25.7 Å². The Morgan fingerprint density at radius 2 is 2.00 bits per heavy atom. The molecular formula is C15H26N6O3S. The molecule has 1 saturated heterocycles. The van der Waals surface area contributed by atoms with Crippen LogP contribution in [0.25, 0.3) is 0 Å². The molecule has 1 aromatic heterocycles. The minimum Gasteiger partial charge on any atom is -0.357 e. The van der Waals surface area contributed by atoms with Crippen molar-refractivity contribution in [3.05, 3.63) is 18.0 Å². The average Bonchev–Trinajstić information content (AvgIpc) is 2.61. The molecule has 25 heavy (non-hydrogen) atoms. The summed E-state index contributed by atoms with van der Waals surface area (Å²) in [5.74, 6) is 0.354. The lowest BCUT2D eigenvalue weighted by Crippen LogP contribution is -2.46. The van der Waals surface area contributed by atoms with Gasteiger partial charge in [-0.15, -0.1) is 0 Å². The Hall–Kier alpha value is -1.78. The van der Waals surface area contributed by atoms with Gasteiger partial charge in [0.25, 0.3) is 16.1 Å². The number of carbonyl (C=O) groups is 1. The molecule has 2 rings (SSSR count). The third-order valence-electron chi connectivity index (χ3n) is 4.25. The lowest BCUT2D eigenvalue weighted by molar-refractivity contribution is 0.0603. The van der Waals surface area contributed by atoms with Gasteiger partial charge >= 0.3 is 0 Å². The van der Waals surface area contributed by atoms with Crippen molar-refractivity contribution in [3.8, 4) is 0 Å². The van der Waals surface area contributed by atoms with Crippen LogP contribution in [-0.4, -0.2) is 73.8 Å². The Labute approximate surface area is 149 Å². The fourth-order valence-corrected chi connectivity index (χ4v) is 3.42. The summed E-state index contributed by atoms with van der Waals surface area (Å²) in [6.45, 7) is 0.960. The normalized spacial score (nSPS) is 18.4. The summed E-state index contributed by atoms with van der Waals surface area (Å²) in [4.78, 5) is 22.7. The molecule has 1 atom stereocenters. The van der Waals surface area contributed by atoms with Crippen LogP contribution in [0, 0.1) is 0 Å². The number of hydrogen-bond acceptors (Lipinski definition) is 6. The van der Waals surface area contributed by atoms with Crippen LogP contribution in [-0.2, 0) is 10.2 Å². The predicted octanol–water partition coefficient (Wildman–Crippen LogP) is 0.299. The zero-order chi connectivity index (χ0) is 18.4. The summed E-state index contributed by atoms with van der Waals surface area (Å²) in [5, 5.41) is 2.82. The molecule has 0 spiro atoms. The van der Waals surface area contributed by atoms with Crippen molar-refractivity contribution in [2.45, 2.75) is 31.7 Å². The maximum absolute atomic E-state index is 12.8. The summed E-state index contributed by atoms with van der Waals surface area (Å²) in [6.07, 6.45) is 6.45. The van der Waals surface area contributed by atoms with E-state index in [1.54, 1.807) is 7.05 Å². The topological polar surface area (TPSA) is 108 Å². The summed E-state index contributed by atoms with van der Waals surface area (Å²) in [6, 6.07) is 0.00934. The standard InChI is InChI=1S/C15H26N6O3S/c1-16-15-17-10-12(11-18-15)14(22)21-9-5-4-6-13(21)7-8-19-25(23,24)20(2)3/h10-11,13,19H,4-9H2,1-3H3,(H,16,17,18)/t13-/m0/s1. The number of aromatic nitrogens is 2. The molecule has 0 bridgehead atoms. The Morgan fingerprint density at radius 3 is 2.60 bits per heavy atom. The van der Waals surface area contributed by atoms with Gasteiger partial charge < -0.3 is 10.2 Å². The third kappa shape index (κ3) is 5.10. The van der Waals surface area contributed by atoms with Crippen molar-refractivity contribution in [2.24, 2.45) is 0 Å². The minimum atomic E-state index is -3.44. The molecular weight excluding hydrogens is 344 g/mol. The molecule has 9 nitrogen and oxygen atoms in total. The van der Waals surface area contributed by atoms with Gasteiger partial charge in [-0.25, -0.2) is 14.7 Å². The number of piperidine rings is 1. The third-order valence-corrected chi connectivity index (χ3v) is 5.78. The first kappa shape index (κ1) is 19.5. The van der Waals surface area contributed by atoms with Gasteiger partial charge in [-0.2, -0.15) is 12.7 Å². The molecule has 10 heteroatoms. The van der Waals surface area contributed by atoms with E-state index in [1.807, 2.05) is 4.90 Å². The number of likely N-dealkylation sites (tertiary alicyclic amines) is 1. The second-order valence-corrected chi connectivity index (χ2v) is 8.13. The van der Waals surface area contributed by atoms with E-state index in [0.717, 1.165) is 23.6 Å². The average molecular weight is 370 g/mol. The van der Waals surface area contributed by atoms with Crippen molar-refractivity contribution in [1.82, 2.24) is 23.9 Å². The van der Waals surface area contributed by atoms with Gasteiger partial charge in [0.05, 0.1) is 5.56 Å². The number of rotatable bonds is 7. The van der Waals surface area contributed by atoms with E-state index in [2.05, 4.69) is 20.0 Å². The van der Waals surface area contributed by atoms with E-state index in [9.17, 15) is 13.2 Å². The fraction of sp³-hybridized carbons (Fsp3) is 0.667. The first-order valence-corrected chi connectivity index (χ1v) is 9.77. The van der Waals surface area contributed by atoms with Crippen molar-refractivity contribution >= 4 is 22.1 Å². The monoisotopic (exact) mass is 370 g/mol. The molecule has 0 aromatic carbocycles. The Bertz CT molecular complexity index is 677. The smallest absolute Gasteiger partial charge is 0.278 e. The quantitative estimate of drug-likeness (QED) is 0.715. The highest BCUT2D eigenvalue weighted by atomic mass is 32.2. The van der Waals surface area contributed by atoms with Gasteiger partial charge in [0, 0.05) is 52.7 Å². The zero-order valence-electron chi connectivity index (χ0n) is 14.9. The Balaban J connectivity index is 2.00. The number of anilines is 1. The van der Waals surface area contributed by atoms with Gasteiger partial charge in [-0.1, -0.05) is 0 Å². The van der Waals surface area contributed by atoms with E-state index < -0.39 is 10.2 Å². The van der Waals surface area contributed by atoms with Crippen LogP contribution in [0.3, 0.4) is 0 Å². The van der Waals surface area contributed by atoms with Gasteiger partial charge in [0.2, 0.25) is 5.95 Å². The van der Waals surface area contributed by atoms with Crippen LogP contribution < -0.4 is 10.0 Å². The van der Waals surface area contributed by atoms with E-state index in [0.29, 0.717) is 31.0 Å². The SMILES string of the molecule is CNc1ncc(C(=O)N2CCCC[C@H]2CCNS(=O)(=O)N(C)C)cn1. The molecule has 1 amide bonds. The number of hydrogen-bond donors (Lipinski definition) is 2. The van der Waals surface area contributed by atoms with Crippen LogP contribution >= 0.6 is 0 Å². The zero-order valence-corrected chi connectivity index (χ0v) is 15.7. The summed E-state index contributed by atoms with van der Waals surface area (Å²) in [7, 11) is 1.23. The molecule has 1 aliphatic heterocycles. The molecule has 1 fully saturated rings. The minimum absolute atomic E-state index is 0.00934. The predicted molar refractivity (Wildman–Crippen MR) is 95.5 cm³/mol. The van der Waals surface area contributed by atoms with Crippen molar-refractivity contribution in [2.75, 3.05) is 39.5 Å². The van der Waals surface area contributed by atoms with Crippen LogP contribution in [0.2, 0.25) is 0 Å². The highest BCUT2D eigenvalue weighted by Crippen LogP contribution is 2.21. The molecule has 0 aliphatic carbocycles. The maximum Gasteiger partial charge on any atom is 0.278 e. The van der Waals surface area contributed by atoms with Crippen LogP contribution in [0.15, 0.2) is 12.4 Å². The molecule has 140 valence electrons. The maximum atomic E-state index is 12.8. The largest absolute Gasteiger partial charge is 0.357 e. The lowest BCUT2D eigenvalue weighted by atomic mass is 9.98. The van der Waals surface area contributed by atoms with Crippen molar-refractivity contribution in [1.29, 1.82) is 0 Å². The second-order valence-electron chi connectivity index (χ2n) is 6.16. The number of nitrogens with zero attached hydrogens (tertiary/aromatic N) is 4. The molecule has 1 aliphatic rings. The number of nitrogens with one attached hydrogen (secondary N) is 2. The van der Waals surface area contributed by atoms with Gasteiger partial charge in [0.15, 0.2) is 0 Å². The molecule has 0 saturated carbocycles. The van der Waals surface area contributed by atoms with E-state index in [-0.39, 0.29) is 11.9 Å². The van der Waals surface area contributed by atoms with Crippen LogP contribution in [0.1, 0.15) is 36.0 Å². The first-order valence-electron chi connectivity index (χ1n) is 8.33. The number of carbonyl (C=O) groups excluding carboxylic acids is 1. The van der Waals surface area contributed by atoms with E-state index >= 15 is 0 Å². The van der Waals surface area contributed by atoms with Gasteiger partial charge in [0.1, 0.15) is 0 Å². The first-order chi connectivity index (χ1) is 11.8. The highest BCUT2D eigenvalue weighted by molar-refractivity contribution is 7.87. The van der Waals surface area contributed by atoms with Crippen molar-refractivity contribution in [3.63, 3.8) is 0 Å². The second kappa shape index (κ2) is 8.54. The van der Waals surface area contributed by atoms with Crippen LogP contribution in [0.4, 0.5) is 5.95 Å². The molecule has 2 N–H and O–H groups in total. The molecule has 0 radical (unpaired) electrons. The fourth-order valence-electron chi connectivity index (χ4n) is 2.79. The van der Waals surface area contributed by atoms with E-state index in [1.165, 1.54) is 26.5 Å². The van der Waals surface area contributed by atoms with Gasteiger partial charge in [-0.3, -0.25) is 4.79 Å². The van der Waals surface area contributed by atoms with Crippen molar-refractivity contribution < 1.29 is 13.2 Å². The molecule has 2 heterocycles. The summed E-state index contributed by atoms with van der Waals surface area (Å²) < 4.78 is 27.2. The Kier molecular flexibility index (Phi) is 6.68.